The number of rotatable bonds is 9. The molecule has 1 atom stereocenters. The number of benzene rings is 1. The van der Waals surface area contributed by atoms with E-state index in [-0.39, 0.29) is 21.4 Å². The summed E-state index contributed by atoms with van der Waals surface area (Å²) in [5.74, 6) is -0.845. The van der Waals surface area contributed by atoms with Crippen molar-refractivity contribution in [2.75, 3.05) is 19.6 Å². The first-order chi connectivity index (χ1) is 12.2. The number of nitrogens with zero attached hydrogens (tertiary/aromatic N) is 1. The number of amides is 2. The zero-order valence-electron chi connectivity index (χ0n) is 15.5. The first kappa shape index (κ1) is 22.4. The number of hydrogen-bond acceptors (Lipinski definition) is 4. The van der Waals surface area contributed by atoms with Crippen molar-refractivity contribution in [2.45, 2.75) is 45.1 Å². The zero-order valence-corrected chi connectivity index (χ0v) is 17.1. The van der Waals surface area contributed by atoms with Crippen LogP contribution in [0.3, 0.4) is 0 Å². The van der Waals surface area contributed by atoms with Crippen LogP contribution in [0.4, 0.5) is 0 Å². The van der Waals surface area contributed by atoms with E-state index in [0.717, 1.165) is 6.42 Å². The molecule has 0 aliphatic heterocycles. The fraction of sp³-hybridized carbons (Fsp3) is 0.529. The largest absolute Gasteiger partial charge is 0.354 e. The molecule has 0 radical (unpaired) electrons. The van der Waals surface area contributed by atoms with Crippen molar-refractivity contribution in [2.24, 2.45) is 0 Å². The van der Waals surface area contributed by atoms with Crippen molar-refractivity contribution in [1.29, 1.82) is 0 Å². The maximum Gasteiger partial charge on any atom is 0.251 e. The van der Waals surface area contributed by atoms with Crippen molar-refractivity contribution in [1.82, 2.24) is 14.9 Å². The smallest absolute Gasteiger partial charge is 0.251 e. The van der Waals surface area contributed by atoms with Gasteiger partial charge in [-0.1, -0.05) is 32.4 Å². The summed E-state index contributed by atoms with van der Waals surface area (Å²) in [7, 11) is -3.80. The Kier molecular flexibility index (Phi) is 8.52. The number of sulfonamides is 1. The first-order valence-electron chi connectivity index (χ1n) is 8.57. The van der Waals surface area contributed by atoms with Gasteiger partial charge in [0.25, 0.3) is 5.91 Å². The molecular formula is C17H26ClN3O4S. The van der Waals surface area contributed by atoms with Crippen LogP contribution >= 0.6 is 11.6 Å². The quantitative estimate of drug-likeness (QED) is 0.659. The summed E-state index contributed by atoms with van der Waals surface area (Å²) in [6.07, 6.45) is 0.788. The minimum Gasteiger partial charge on any atom is -0.354 e. The highest BCUT2D eigenvalue weighted by Gasteiger charge is 2.26. The van der Waals surface area contributed by atoms with Crippen LogP contribution in [0, 0.1) is 0 Å². The average Bonchev–Trinajstić information content (AvgIpc) is 2.60. The molecule has 0 heterocycles. The topological polar surface area (TPSA) is 95.6 Å². The van der Waals surface area contributed by atoms with E-state index in [2.05, 4.69) is 10.6 Å². The monoisotopic (exact) mass is 403 g/mol. The number of carbonyl (C=O) groups is 2. The predicted molar refractivity (Wildman–Crippen MR) is 102 cm³/mol. The van der Waals surface area contributed by atoms with Crippen molar-refractivity contribution in [3.05, 3.63) is 28.8 Å². The molecule has 0 unspecified atom stereocenters. The van der Waals surface area contributed by atoms with Crippen LogP contribution in [0.5, 0.6) is 0 Å². The van der Waals surface area contributed by atoms with E-state index in [1.54, 1.807) is 20.8 Å². The number of carbonyl (C=O) groups excluding carboxylic acids is 2. The van der Waals surface area contributed by atoms with E-state index in [4.69, 9.17) is 11.6 Å². The van der Waals surface area contributed by atoms with E-state index in [0.29, 0.717) is 19.6 Å². The Labute approximate surface area is 160 Å². The Balaban J connectivity index is 3.06. The van der Waals surface area contributed by atoms with Crippen molar-refractivity contribution >= 4 is 33.4 Å². The van der Waals surface area contributed by atoms with Crippen LogP contribution in [0.2, 0.25) is 5.02 Å². The summed E-state index contributed by atoms with van der Waals surface area (Å²) in [6, 6.07) is 3.29. The third-order valence-corrected chi connectivity index (χ3v) is 6.34. The molecule has 2 amide bonds. The second-order valence-corrected chi connectivity index (χ2v) is 8.03. The van der Waals surface area contributed by atoms with Gasteiger partial charge in [-0.3, -0.25) is 9.59 Å². The molecule has 1 rings (SSSR count). The van der Waals surface area contributed by atoms with Crippen LogP contribution < -0.4 is 10.6 Å². The molecule has 0 fully saturated rings. The van der Waals surface area contributed by atoms with Crippen LogP contribution in [-0.2, 0) is 14.8 Å². The molecule has 0 spiro atoms. The van der Waals surface area contributed by atoms with E-state index in [1.807, 2.05) is 6.92 Å². The van der Waals surface area contributed by atoms with E-state index in [1.165, 1.54) is 22.5 Å². The molecule has 1 aromatic carbocycles. The minimum absolute atomic E-state index is 0.0437. The van der Waals surface area contributed by atoms with Crippen molar-refractivity contribution < 1.29 is 18.0 Å². The third kappa shape index (κ3) is 5.43. The maximum atomic E-state index is 12.7. The molecule has 0 bridgehead atoms. The van der Waals surface area contributed by atoms with Gasteiger partial charge in [0.1, 0.15) is 10.9 Å². The highest BCUT2D eigenvalue weighted by atomic mass is 35.5. The standard InChI is InChI=1S/C17H26ClN3O4S/c1-5-10-19-16(22)12(4)20-17(23)13-8-9-14(18)15(11-13)26(24,25)21(6-2)7-3/h8-9,11-12H,5-7,10H2,1-4H3,(H,19,22)(H,20,23)/t12-/m0/s1. The summed E-state index contributed by atoms with van der Waals surface area (Å²) in [4.78, 5) is 24.1. The van der Waals surface area contributed by atoms with Gasteiger partial charge in [-0.05, 0) is 31.5 Å². The second-order valence-electron chi connectivity index (χ2n) is 5.72. The molecule has 26 heavy (non-hydrogen) atoms. The van der Waals surface area contributed by atoms with E-state index >= 15 is 0 Å². The van der Waals surface area contributed by atoms with Crippen molar-refractivity contribution in [3.63, 3.8) is 0 Å². The lowest BCUT2D eigenvalue weighted by Gasteiger charge is -2.20. The molecule has 9 heteroatoms. The number of nitrogens with one attached hydrogen (secondary N) is 2. The van der Waals surface area contributed by atoms with Gasteiger partial charge < -0.3 is 10.6 Å². The molecule has 0 saturated heterocycles. The normalized spacial score (nSPS) is 12.7. The Hall–Kier alpha value is -1.64. The van der Waals surface area contributed by atoms with Gasteiger partial charge in [0, 0.05) is 25.2 Å². The Morgan fingerprint density at radius 1 is 1.19 bits per heavy atom. The molecule has 0 saturated carbocycles. The van der Waals surface area contributed by atoms with Gasteiger partial charge in [-0.2, -0.15) is 4.31 Å². The molecular weight excluding hydrogens is 378 g/mol. The lowest BCUT2D eigenvalue weighted by atomic mass is 10.2. The van der Waals surface area contributed by atoms with Gasteiger partial charge in [0.15, 0.2) is 0 Å². The fourth-order valence-electron chi connectivity index (χ4n) is 2.29. The maximum absolute atomic E-state index is 12.7. The van der Waals surface area contributed by atoms with Crippen LogP contribution in [0.25, 0.3) is 0 Å². The minimum atomic E-state index is -3.80. The molecule has 2 N–H and O–H groups in total. The molecule has 146 valence electrons. The molecule has 7 nitrogen and oxygen atoms in total. The Bertz CT molecular complexity index is 748. The predicted octanol–water partition coefficient (Wildman–Crippen LogP) is 2.01. The Morgan fingerprint density at radius 3 is 2.35 bits per heavy atom. The number of halogens is 1. The highest BCUT2D eigenvalue weighted by molar-refractivity contribution is 7.89. The van der Waals surface area contributed by atoms with Gasteiger partial charge >= 0.3 is 0 Å². The SMILES string of the molecule is CCCNC(=O)[C@H](C)NC(=O)c1ccc(Cl)c(S(=O)(=O)N(CC)CC)c1. The van der Waals surface area contributed by atoms with Gasteiger partial charge in [-0.25, -0.2) is 8.42 Å². The second kappa shape index (κ2) is 9.89. The van der Waals surface area contributed by atoms with Crippen LogP contribution in [0.1, 0.15) is 44.5 Å². The summed E-state index contributed by atoms with van der Waals surface area (Å²) >= 11 is 6.06. The summed E-state index contributed by atoms with van der Waals surface area (Å²) in [5, 5.41) is 5.29. The van der Waals surface area contributed by atoms with Crippen LogP contribution in [-0.4, -0.2) is 50.2 Å². The van der Waals surface area contributed by atoms with Gasteiger partial charge in [0.05, 0.1) is 5.02 Å². The van der Waals surface area contributed by atoms with E-state index in [9.17, 15) is 18.0 Å². The van der Waals surface area contributed by atoms with E-state index < -0.39 is 22.0 Å². The summed E-state index contributed by atoms with van der Waals surface area (Å²) in [5.41, 5.74) is 0.121. The average molecular weight is 404 g/mol. The molecule has 0 aliphatic rings. The number of hydrogen-bond donors (Lipinski definition) is 2. The third-order valence-electron chi connectivity index (χ3n) is 3.81. The summed E-state index contributed by atoms with van der Waals surface area (Å²) < 4.78 is 26.6. The first-order valence-corrected chi connectivity index (χ1v) is 10.4. The lowest BCUT2D eigenvalue weighted by Crippen LogP contribution is -2.45. The molecule has 0 aliphatic carbocycles. The molecule has 0 aromatic heterocycles. The molecule has 1 aromatic rings. The highest BCUT2D eigenvalue weighted by Crippen LogP contribution is 2.25. The fourth-order valence-corrected chi connectivity index (χ4v) is 4.25. The summed E-state index contributed by atoms with van der Waals surface area (Å²) in [6.45, 7) is 8.04. The van der Waals surface area contributed by atoms with Gasteiger partial charge in [0.2, 0.25) is 15.9 Å². The Morgan fingerprint density at radius 2 is 1.81 bits per heavy atom. The van der Waals surface area contributed by atoms with Gasteiger partial charge in [-0.15, -0.1) is 0 Å². The zero-order chi connectivity index (χ0) is 19.9. The van der Waals surface area contributed by atoms with Crippen molar-refractivity contribution in [3.8, 4) is 0 Å². The lowest BCUT2D eigenvalue weighted by molar-refractivity contribution is -0.122. The van der Waals surface area contributed by atoms with Crippen LogP contribution in [0.15, 0.2) is 23.1 Å².